The molecular weight excluding hydrogens is 384 g/mol. The summed E-state index contributed by atoms with van der Waals surface area (Å²) >= 11 is 0. The van der Waals surface area contributed by atoms with Crippen LogP contribution in [0.15, 0.2) is 18.6 Å². The Morgan fingerprint density at radius 2 is 2.03 bits per heavy atom. The summed E-state index contributed by atoms with van der Waals surface area (Å²) in [5, 5.41) is 8.64. The summed E-state index contributed by atoms with van der Waals surface area (Å²) in [4.78, 5) is 19.2. The summed E-state index contributed by atoms with van der Waals surface area (Å²) in [7, 11) is 3.53. The van der Waals surface area contributed by atoms with Crippen molar-refractivity contribution in [3.63, 3.8) is 0 Å². The molecule has 2 aliphatic carbocycles. The van der Waals surface area contributed by atoms with Crippen molar-refractivity contribution in [2.75, 3.05) is 26.8 Å². The molecule has 5 rings (SSSR count). The van der Waals surface area contributed by atoms with E-state index in [1.54, 1.807) is 17.9 Å². The smallest absolute Gasteiger partial charge is 0.289 e. The fraction of sp³-hybridized carbons (Fsp3) is 0.714. The lowest BCUT2D eigenvalue weighted by atomic mass is 9.77. The van der Waals surface area contributed by atoms with Gasteiger partial charge in [0.2, 0.25) is 0 Å². The molecule has 0 bridgehead atoms. The number of methoxy groups -OCH3 is 1. The summed E-state index contributed by atoms with van der Waals surface area (Å²) in [5.41, 5.74) is 0.832. The molecule has 1 saturated heterocycles. The topological polar surface area (TPSA) is 87.3 Å². The van der Waals surface area contributed by atoms with Crippen LogP contribution in [0.2, 0.25) is 0 Å². The minimum atomic E-state index is 0.0204. The first-order valence-corrected chi connectivity index (χ1v) is 10.9. The predicted molar refractivity (Wildman–Crippen MR) is 108 cm³/mol. The SMILES string of the molecule is COCc1cn([C@@H]2C[C@@H]3CN(C(=O)c4nccn4C)C[C@@H]3C[C@H]2OCC2CC2)nn1. The van der Waals surface area contributed by atoms with Gasteiger partial charge in [0.1, 0.15) is 5.69 Å². The summed E-state index contributed by atoms with van der Waals surface area (Å²) in [5.74, 6) is 2.14. The van der Waals surface area contributed by atoms with E-state index in [4.69, 9.17) is 9.47 Å². The quantitative estimate of drug-likeness (QED) is 0.685. The Labute approximate surface area is 176 Å². The fourth-order valence-electron chi connectivity index (χ4n) is 4.96. The third-order valence-corrected chi connectivity index (χ3v) is 6.82. The number of ether oxygens (including phenoxy) is 2. The Balaban J connectivity index is 1.32. The lowest BCUT2D eigenvalue weighted by Gasteiger charge is -2.37. The molecule has 0 N–H and O–H groups in total. The maximum atomic E-state index is 13.0. The second-order valence-corrected chi connectivity index (χ2v) is 9.07. The van der Waals surface area contributed by atoms with Crippen LogP contribution in [0.5, 0.6) is 0 Å². The Morgan fingerprint density at radius 1 is 1.23 bits per heavy atom. The molecule has 2 aromatic heterocycles. The molecule has 2 saturated carbocycles. The van der Waals surface area contributed by atoms with Gasteiger partial charge < -0.3 is 18.9 Å². The summed E-state index contributed by atoms with van der Waals surface area (Å²) in [6, 6.07) is 0.145. The number of hydrogen-bond acceptors (Lipinski definition) is 6. The Morgan fingerprint density at radius 3 is 2.73 bits per heavy atom. The highest BCUT2D eigenvalue weighted by atomic mass is 16.5. The van der Waals surface area contributed by atoms with Gasteiger partial charge >= 0.3 is 0 Å². The molecule has 4 atom stereocenters. The van der Waals surface area contributed by atoms with Crippen molar-refractivity contribution >= 4 is 5.91 Å². The average molecular weight is 415 g/mol. The number of nitrogens with zero attached hydrogens (tertiary/aromatic N) is 6. The van der Waals surface area contributed by atoms with Crippen molar-refractivity contribution in [2.24, 2.45) is 24.8 Å². The van der Waals surface area contributed by atoms with Crippen LogP contribution in [0.4, 0.5) is 0 Å². The highest BCUT2D eigenvalue weighted by Crippen LogP contribution is 2.43. The number of imidazole rings is 1. The molecular formula is C21H30N6O3. The summed E-state index contributed by atoms with van der Waals surface area (Å²) < 4.78 is 15.4. The zero-order chi connectivity index (χ0) is 20.7. The zero-order valence-corrected chi connectivity index (χ0v) is 17.7. The second kappa shape index (κ2) is 8.11. The Hall–Kier alpha value is -2.26. The largest absolute Gasteiger partial charge is 0.378 e. The van der Waals surface area contributed by atoms with E-state index in [0.29, 0.717) is 30.2 Å². The number of rotatable bonds is 7. The monoisotopic (exact) mass is 414 g/mol. The van der Waals surface area contributed by atoms with E-state index in [9.17, 15) is 4.79 Å². The van der Waals surface area contributed by atoms with Gasteiger partial charge in [-0.05, 0) is 43.4 Å². The number of fused-ring (bicyclic) bond motifs is 1. The number of amides is 1. The van der Waals surface area contributed by atoms with Gasteiger partial charge in [-0.2, -0.15) is 0 Å². The summed E-state index contributed by atoms with van der Waals surface area (Å²) in [6.07, 6.45) is 10.0. The molecule has 0 aromatic carbocycles. The molecule has 9 nitrogen and oxygen atoms in total. The zero-order valence-electron chi connectivity index (χ0n) is 17.7. The maximum absolute atomic E-state index is 13.0. The van der Waals surface area contributed by atoms with Gasteiger partial charge in [0.05, 0.1) is 24.9 Å². The summed E-state index contributed by atoms with van der Waals surface area (Å²) in [6.45, 7) is 2.83. The van der Waals surface area contributed by atoms with Crippen LogP contribution in [-0.4, -0.2) is 68.3 Å². The molecule has 1 aliphatic heterocycles. The number of carbonyl (C=O) groups excluding carboxylic acids is 1. The first kappa shape index (κ1) is 19.7. The van der Waals surface area contributed by atoms with Crippen molar-refractivity contribution in [1.29, 1.82) is 0 Å². The van der Waals surface area contributed by atoms with Gasteiger partial charge in [-0.3, -0.25) is 4.79 Å². The van der Waals surface area contributed by atoms with E-state index < -0.39 is 0 Å². The van der Waals surface area contributed by atoms with Crippen LogP contribution in [0.3, 0.4) is 0 Å². The van der Waals surface area contributed by atoms with E-state index in [1.807, 2.05) is 29.0 Å². The lowest BCUT2D eigenvalue weighted by molar-refractivity contribution is -0.0375. The highest BCUT2D eigenvalue weighted by Gasteiger charge is 2.45. The third kappa shape index (κ3) is 3.88. The molecule has 3 aliphatic rings. The molecule has 1 amide bonds. The van der Waals surface area contributed by atoms with Crippen LogP contribution < -0.4 is 0 Å². The Kier molecular flexibility index (Phi) is 5.32. The van der Waals surface area contributed by atoms with E-state index in [-0.39, 0.29) is 18.1 Å². The van der Waals surface area contributed by atoms with Gasteiger partial charge in [-0.1, -0.05) is 5.21 Å². The van der Waals surface area contributed by atoms with Gasteiger partial charge in [0.25, 0.3) is 5.91 Å². The minimum Gasteiger partial charge on any atom is -0.378 e. The molecule has 3 fully saturated rings. The van der Waals surface area contributed by atoms with Gasteiger partial charge in [0, 0.05) is 46.2 Å². The van der Waals surface area contributed by atoms with Crippen molar-refractivity contribution in [3.8, 4) is 0 Å². The normalized spacial score (nSPS) is 28.7. The first-order chi connectivity index (χ1) is 14.6. The van der Waals surface area contributed by atoms with Crippen LogP contribution in [0, 0.1) is 17.8 Å². The van der Waals surface area contributed by atoms with E-state index in [2.05, 4.69) is 15.3 Å². The van der Waals surface area contributed by atoms with Crippen molar-refractivity contribution in [2.45, 2.75) is 44.4 Å². The maximum Gasteiger partial charge on any atom is 0.289 e. The average Bonchev–Trinajstić information content (AvgIpc) is 3.11. The number of carbonyl (C=O) groups is 1. The molecule has 0 spiro atoms. The lowest BCUT2D eigenvalue weighted by Crippen LogP contribution is -2.38. The number of aromatic nitrogens is 5. The second-order valence-electron chi connectivity index (χ2n) is 9.07. The van der Waals surface area contributed by atoms with E-state index >= 15 is 0 Å². The molecule has 3 heterocycles. The Bertz CT molecular complexity index is 891. The van der Waals surface area contributed by atoms with Gasteiger partial charge in [-0.25, -0.2) is 9.67 Å². The fourth-order valence-corrected chi connectivity index (χ4v) is 4.96. The van der Waals surface area contributed by atoms with E-state index in [1.165, 1.54) is 12.8 Å². The third-order valence-electron chi connectivity index (χ3n) is 6.82. The number of likely N-dealkylation sites (tertiary alicyclic amines) is 1. The predicted octanol–water partition coefficient (Wildman–Crippen LogP) is 1.68. The highest BCUT2D eigenvalue weighted by molar-refractivity contribution is 5.91. The molecule has 9 heteroatoms. The van der Waals surface area contributed by atoms with Crippen LogP contribution >= 0.6 is 0 Å². The van der Waals surface area contributed by atoms with Crippen LogP contribution in [0.25, 0.3) is 0 Å². The number of aryl methyl sites for hydroxylation is 1. The van der Waals surface area contributed by atoms with Gasteiger partial charge in [-0.15, -0.1) is 5.10 Å². The standard InChI is InChI=1S/C21H30N6O3/c1-25-6-5-22-20(25)21(28)26-9-15-7-18(27-11-17(13-29-2)23-24-27)19(8-16(15)10-26)30-12-14-3-4-14/h5-6,11,14-16,18-19H,3-4,7-10,12-13H2,1-2H3/t15-,16+,18-,19-/m1/s1. The number of hydrogen-bond donors (Lipinski definition) is 0. The molecule has 0 radical (unpaired) electrons. The first-order valence-electron chi connectivity index (χ1n) is 10.9. The van der Waals surface area contributed by atoms with Crippen molar-refractivity contribution in [1.82, 2.24) is 29.4 Å². The minimum absolute atomic E-state index is 0.0204. The van der Waals surface area contributed by atoms with Crippen molar-refractivity contribution in [3.05, 3.63) is 30.1 Å². The van der Waals surface area contributed by atoms with Gasteiger partial charge in [0.15, 0.2) is 5.82 Å². The van der Waals surface area contributed by atoms with Crippen molar-refractivity contribution < 1.29 is 14.3 Å². The molecule has 0 unspecified atom stereocenters. The molecule has 2 aromatic rings. The molecule has 162 valence electrons. The van der Waals surface area contributed by atoms with Crippen LogP contribution in [-0.2, 0) is 23.1 Å². The van der Waals surface area contributed by atoms with Crippen LogP contribution in [0.1, 0.15) is 48.0 Å². The molecule has 30 heavy (non-hydrogen) atoms. The van der Waals surface area contributed by atoms with E-state index in [0.717, 1.165) is 38.2 Å².